The van der Waals surface area contributed by atoms with Crippen LogP contribution in [0.15, 0.2) is 43.0 Å². The van der Waals surface area contributed by atoms with Crippen molar-refractivity contribution in [2.45, 2.75) is 0 Å². The summed E-state index contributed by atoms with van der Waals surface area (Å²) in [7, 11) is 0. The fraction of sp³-hybridized carbons (Fsp3) is 0. The molecule has 0 N–H and O–H groups in total. The van der Waals surface area contributed by atoms with Crippen LogP contribution < -0.4 is 0 Å². The molecule has 0 heterocycles. The van der Waals surface area contributed by atoms with Gasteiger partial charge in [-0.05, 0) is 6.08 Å². The fourth-order valence-corrected chi connectivity index (χ4v) is 0.653. The summed E-state index contributed by atoms with van der Waals surface area (Å²) in [6.45, 7) is 3.66. The molecule has 0 fully saturated rings. The Kier molecular flexibility index (Phi) is 1.97. The molecule has 0 saturated heterocycles. The Morgan fingerprint density at radius 3 is 3.00 bits per heavy atom. The molecule has 0 saturated carbocycles. The molecule has 0 aliphatic heterocycles. The van der Waals surface area contributed by atoms with Crippen molar-refractivity contribution in [1.82, 2.24) is 0 Å². The van der Waals surface area contributed by atoms with Crippen LogP contribution in [-0.4, -0.2) is 0 Å². The van der Waals surface area contributed by atoms with E-state index in [-0.39, 0.29) is 0 Å². The number of hydrogen-bond acceptors (Lipinski definition) is 0. The highest BCUT2D eigenvalue weighted by Gasteiger charge is 1.82. The van der Waals surface area contributed by atoms with Gasteiger partial charge < -0.3 is 0 Å². The molecule has 0 atom stereocenters. The molecule has 0 unspecified atom stereocenters. The molecule has 44 valence electrons. The van der Waals surface area contributed by atoms with Crippen molar-refractivity contribution in [2.24, 2.45) is 0 Å². The minimum Gasteiger partial charge on any atom is -0.0972 e. The molecule has 0 bridgehead atoms. The minimum atomic E-state index is 1.15. The molecule has 0 spiro atoms. The quantitative estimate of drug-likeness (QED) is 0.496. The maximum absolute atomic E-state index is 3.66. The van der Waals surface area contributed by atoms with E-state index >= 15 is 0 Å². The summed E-state index contributed by atoms with van der Waals surface area (Å²) < 4.78 is 0. The van der Waals surface area contributed by atoms with Gasteiger partial charge in [0, 0.05) is 42.0 Å². The molecule has 0 nitrogen and oxygen atoms in total. The van der Waals surface area contributed by atoms with Gasteiger partial charge in [-0.3, -0.25) is 0 Å². The van der Waals surface area contributed by atoms with Crippen LogP contribution in [0.25, 0.3) is 6.08 Å². The van der Waals surface area contributed by atoms with Crippen LogP contribution in [-0.2, 0) is 0 Å². The van der Waals surface area contributed by atoms with E-state index < -0.39 is 0 Å². The summed E-state index contributed by atoms with van der Waals surface area (Å²) in [5.74, 6) is 0. The molecule has 0 heteroatoms. The van der Waals surface area contributed by atoms with Crippen molar-refractivity contribution >= 4 is 6.08 Å². The molecule has 1 rings (SSSR count). The topological polar surface area (TPSA) is 0 Å². The molecule has 0 aliphatic rings. The van der Waals surface area contributed by atoms with Crippen molar-refractivity contribution in [3.8, 4) is 0 Å². The van der Waals surface area contributed by atoms with Crippen molar-refractivity contribution in [2.75, 3.05) is 0 Å². The molecule has 1 aromatic rings. The monoisotopic (exact) mass is 117 g/mol. The van der Waals surface area contributed by atoms with Gasteiger partial charge in [-0.2, -0.15) is 0 Å². The minimum absolute atomic E-state index is 1.15. The predicted molar refractivity (Wildman–Crippen MR) is 40.9 cm³/mol. The van der Waals surface area contributed by atoms with E-state index in [0.29, 0.717) is 0 Å². The van der Waals surface area contributed by atoms with E-state index in [2.05, 4.69) is 6.58 Å². The number of hydrogen-bond donors (Lipinski definition) is 0. The summed E-state index contributed by atoms with van der Waals surface area (Å²) in [6.07, 6.45) is 1.83. The largest absolute Gasteiger partial charge is 0.0972 e. The Morgan fingerprint density at radius 1 is 1.33 bits per heavy atom. The summed E-state index contributed by atoms with van der Waals surface area (Å²) >= 11 is 0. The molecule has 1 aromatic carbocycles. The first-order valence-corrected chi connectivity index (χ1v) is 2.94. The van der Waals surface area contributed by atoms with Gasteiger partial charge in [-0.15, -0.1) is 0 Å². The van der Waals surface area contributed by atoms with Gasteiger partial charge in [-0.1, -0.05) is 6.58 Å². The first-order chi connectivity index (χ1) is 4.43. The Bertz CT molecular complexity index is 187. The Balaban J connectivity index is 3.11. The van der Waals surface area contributed by atoms with Crippen LogP contribution in [0.3, 0.4) is 0 Å². The second-order valence-electron chi connectivity index (χ2n) is 1.81. The standard InChI is InChI=1S/C9H9/c1-2-9-7-5-3-4-6-8-9/h2-8H,1H2/q+1. The van der Waals surface area contributed by atoms with E-state index in [1.807, 2.05) is 42.5 Å². The molecular weight excluding hydrogens is 108 g/mol. The molecule has 0 aliphatic carbocycles. The summed E-state index contributed by atoms with van der Waals surface area (Å²) in [5.41, 5.74) is 1.15. The lowest BCUT2D eigenvalue weighted by Crippen LogP contribution is -1.56. The van der Waals surface area contributed by atoms with Crippen molar-refractivity contribution in [3.05, 3.63) is 48.5 Å². The van der Waals surface area contributed by atoms with E-state index in [0.717, 1.165) is 5.56 Å². The van der Waals surface area contributed by atoms with E-state index in [9.17, 15) is 0 Å². The third kappa shape index (κ3) is 1.65. The Morgan fingerprint density at radius 2 is 2.22 bits per heavy atom. The Hall–Kier alpha value is -1.17. The van der Waals surface area contributed by atoms with Crippen LogP contribution in [0.4, 0.5) is 0 Å². The maximum atomic E-state index is 3.66. The van der Waals surface area contributed by atoms with Gasteiger partial charge in [-0.25, -0.2) is 0 Å². The highest BCUT2D eigenvalue weighted by Crippen LogP contribution is 1.96. The maximum Gasteiger partial charge on any atom is 0.0473 e. The predicted octanol–water partition coefficient (Wildman–Crippen LogP) is 2.61. The average molecular weight is 117 g/mol. The smallest absolute Gasteiger partial charge is 0.0473 e. The molecule has 0 radical (unpaired) electrons. The van der Waals surface area contributed by atoms with E-state index in [1.54, 1.807) is 0 Å². The van der Waals surface area contributed by atoms with Gasteiger partial charge in [0.2, 0.25) is 0 Å². The average Bonchev–Trinajstić information content (AvgIpc) is 2.13. The third-order valence-corrected chi connectivity index (χ3v) is 1.15. The SMILES string of the molecule is C=Cc1ccc[cH+]cc1. The van der Waals surface area contributed by atoms with Crippen LogP contribution in [0.1, 0.15) is 5.56 Å². The second-order valence-corrected chi connectivity index (χ2v) is 1.81. The lowest BCUT2D eigenvalue weighted by atomic mass is 10.3. The molecule has 0 amide bonds. The van der Waals surface area contributed by atoms with Gasteiger partial charge >= 0.3 is 0 Å². The first kappa shape index (κ1) is 5.96. The third-order valence-electron chi connectivity index (χ3n) is 1.15. The zero-order valence-corrected chi connectivity index (χ0v) is 5.25. The zero-order valence-electron chi connectivity index (χ0n) is 5.25. The normalized spacial score (nSPS) is 8.44. The number of rotatable bonds is 1. The van der Waals surface area contributed by atoms with Gasteiger partial charge in [0.05, 0.1) is 0 Å². The van der Waals surface area contributed by atoms with Crippen LogP contribution in [0, 0.1) is 0 Å². The van der Waals surface area contributed by atoms with Crippen molar-refractivity contribution in [1.29, 1.82) is 0 Å². The lowest BCUT2D eigenvalue weighted by molar-refractivity contribution is 1.79. The molecular formula is C9H9+. The Labute approximate surface area is 55.5 Å². The van der Waals surface area contributed by atoms with E-state index in [1.165, 1.54) is 0 Å². The lowest BCUT2D eigenvalue weighted by Gasteiger charge is -1.72. The van der Waals surface area contributed by atoms with Crippen molar-refractivity contribution < 1.29 is 0 Å². The highest BCUT2D eigenvalue weighted by atomic mass is 13.8. The molecule has 9 heavy (non-hydrogen) atoms. The summed E-state index contributed by atoms with van der Waals surface area (Å²) in [5, 5.41) is 0. The van der Waals surface area contributed by atoms with Crippen LogP contribution in [0.2, 0.25) is 0 Å². The highest BCUT2D eigenvalue weighted by molar-refractivity contribution is 5.45. The van der Waals surface area contributed by atoms with Gasteiger partial charge in [0.15, 0.2) is 0 Å². The van der Waals surface area contributed by atoms with E-state index in [4.69, 9.17) is 0 Å². The molecule has 0 aromatic heterocycles. The zero-order chi connectivity index (χ0) is 6.53. The fourth-order valence-electron chi connectivity index (χ4n) is 0.653. The first-order valence-electron chi connectivity index (χ1n) is 2.94. The second kappa shape index (κ2) is 2.98. The summed E-state index contributed by atoms with van der Waals surface area (Å²) in [6, 6.07) is 12.0. The van der Waals surface area contributed by atoms with Crippen LogP contribution >= 0.6 is 0 Å². The van der Waals surface area contributed by atoms with Crippen molar-refractivity contribution in [3.63, 3.8) is 0 Å². The van der Waals surface area contributed by atoms with Gasteiger partial charge in [0.1, 0.15) is 0 Å². The van der Waals surface area contributed by atoms with Crippen LogP contribution in [0.5, 0.6) is 0 Å². The van der Waals surface area contributed by atoms with Gasteiger partial charge in [0.25, 0.3) is 0 Å². The summed E-state index contributed by atoms with van der Waals surface area (Å²) in [4.78, 5) is 0.